The molecule has 1 amide bonds. The van der Waals surface area contributed by atoms with Crippen molar-refractivity contribution in [2.45, 2.75) is 39.5 Å². The Morgan fingerprint density at radius 3 is 2.80 bits per heavy atom. The minimum Gasteiger partial charge on any atom is -0.349 e. The fourth-order valence-electron chi connectivity index (χ4n) is 2.45. The molecule has 0 unspecified atom stereocenters. The average molecular weight is 279 g/mol. The molecule has 1 aromatic rings. The quantitative estimate of drug-likeness (QED) is 0.850. The van der Waals surface area contributed by atoms with Crippen molar-refractivity contribution < 1.29 is 4.79 Å². The van der Waals surface area contributed by atoms with Crippen LogP contribution in [0.15, 0.2) is 0 Å². The van der Waals surface area contributed by atoms with Gasteiger partial charge in [0.2, 0.25) is 5.82 Å². The third-order valence-corrected chi connectivity index (χ3v) is 4.09. The molecule has 0 atom stereocenters. The Kier molecular flexibility index (Phi) is 4.75. The SMILES string of the molecule is CCCc1nc(C(=O)NCC2(C)CCN(C)CC2)n[nH]1. The van der Waals surface area contributed by atoms with E-state index < -0.39 is 0 Å². The molecule has 6 heteroatoms. The first-order chi connectivity index (χ1) is 9.52. The Morgan fingerprint density at radius 2 is 2.15 bits per heavy atom. The predicted molar refractivity (Wildman–Crippen MR) is 77.5 cm³/mol. The number of rotatable bonds is 5. The van der Waals surface area contributed by atoms with Gasteiger partial charge >= 0.3 is 0 Å². The van der Waals surface area contributed by atoms with E-state index in [0.717, 1.165) is 44.6 Å². The summed E-state index contributed by atoms with van der Waals surface area (Å²) in [4.78, 5) is 18.6. The second kappa shape index (κ2) is 6.35. The summed E-state index contributed by atoms with van der Waals surface area (Å²) < 4.78 is 0. The smallest absolute Gasteiger partial charge is 0.290 e. The summed E-state index contributed by atoms with van der Waals surface area (Å²) in [5.41, 5.74) is 0.185. The lowest BCUT2D eigenvalue weighted by Gasteiger charge is -2.37. The molecule has 0 aliphatic carbocycles. The summed E-state index contributed by atoms with van der Waals surface area (Å²) in [7, 11) is 2.14. The molecule has 2 N–H and O–H groups in total. The van der Waals surface area contributed by atoms with Gasteiger partial charge in [-0.2, -0.15) is 0 Å². The van der Waals surface area contributed by atoms with Crippen molar-refractivity contribution in [3.63, 3.8) is 0 Å². The van der Waals surface area contributed by atoms with E-state index >= 15 is 0 Å². The van der Waals surface area contributed by atoms with Gasteiger partial charge in [-0.05, 0) is 44.8 Å². The van der Waals surface area contributed by atoms with Crippen molar-refractivity contribution in [1.29, 1.82) is 0 Å². The van der Waals surface area contributed by atoms with Gasteiger partial charge in [0.1, 0.15) is 5.82 Å². The first kappa shape index (κ1) is 15.0. The molecule has 112 valence electrons. The van der Waals surface area contributed by atoms with Crippen LogP contribution in [0.3, 0.4) is 0 Å². The summed E-state index contributed by atoms with van der Waals surface area (Å²) >= 11 is 0. The number of aromatic amines is 1. The highest BCUT2D eigenvalue weighted by molar-refractivity contribution is 5.90. The molecular formula is C14H25N5O. The molecule has 2 rings (SSSR count). The molecule has 1 saturated heterocycles. The number of nitrogens with zero attached hydrogens (tertiary/aromatic N) is 3. The Bertz CT molecular complexity index is 448. The maximum absolute atomic E-state index is 12.0. The van der Waals surface area contributed by atoms with Crippen molar-refractivity contribution in [1.82, 2.24) is 25.4 Å². The van der Waals surface area contributed by atoms with E-state index in [1.807, 2.05) is 0 Å². The third kappa shape index (κ3) is 3.79. The maximum Gasteiger partial charge on any atom is 0.290 e. The molecule has 0 spiro atoms. The Hall–Kier alpha value is -1.43. The average Bonchev–Trinajstić information content (AvgIpc) is 2.89. The van der Waals surface area contributed by atoms with Crippen LogP contribution in [0.4, 0.5) is 0 Å². The van der Waals surface area contributed by atoms with Crippen molar-refractivity contribution in [2.75, 3.05) is 26.7 Å². The van der Waals surface area contributed by atoms with E-state index in [-0.39, 0.29) is 17.1 Å². The molecular weight excluding hydrogens is 254 g/mol. The van der Waals surface area contributed by atoms with Gasteiger partial charge in [0.25, 0.3) is 5.91 Å². The Labute approximate surface area is 120 Å². The second-order valence-electron chi connectivity index (χ2n) is 6.15. The number of carbonyl (C=O) groups is 1. The highest BCUT2D eigenvalue weighted by Gasteiger charge is 2.29. The number of piperidine rings is 1. The van der Waals surface area contributed by atoms with Crippen molar-refractivity contribution in [3.8, 4) is 0 Å². The minimum atomic E-state index is -0.177. The molecule has 6 nitrogen and oxygen atoms in total. The lowest BCUT2D eigenvalue weighted by molar-refractivity contribution is 0.0882. The van der Waals surface area contributed by atoms with E-state index in [4.69, 9.17) is 0 Å². The molecule has 0 aromatic carbocycles. The number of aromatic nitrogens is 3. The van der Waals surface area contributed by atoms with Crippen LogP contribution in [0, 0.1) is 5.41 Å². The van der Waals surface area contributed by atoms with Crippen LogP contribution in [0.25, 0.3) is 0 Å². The highest BCUT2D eigenvalue weighted by atomic mass is 16.2. The van der Waals surface area contributed by atoms with Crippen LogP contribution < -0.4 is 5.32 Å². The molecule has 20 heavy (non-hydrogen) atoms. The molecule has 1 aliphatic heterocycles. The van der Waals surface area contributed by atoms with Gasteiger partial charge < -0.3 is 10.2 Å². The zero-order valence-electron chi connectivity index (χ0n) is 12.7. The Balaban J connectivity index is 1.85. The fraction of sp³-hybridized carbons (Fsp3) is 0.786. The monoisotopic (exact) mass is 279 g/mol. The summed E-state index contributed by atoms with van der Waals surface area (Å²) in [6, 6.07) is 0. The molecule has 1 aliphatic rings. The Morgan fingerprint density at radius 1 is 1.45 bits per heavy atom. The van der Waals surface area contributed by atoms with Gasteiger partial charge in [-0.3, -0.25) is 9.89 Å². The topological polar surface area (TPSA) is 73.9 Å². The number of hydrogen-bond acceptors (Lipinski definition) is 4. The number of nitrogens with one attached hydrogen (secondary N) is 2. The van der Waals surface area contributed by atoms with Gasteiger partial charge in [-0.25, -0.2) is 4.98 Å². The van der Waals surface area contributed by atoms with E-state index in [2.05, 4.69) is 46.3 Å². The summed E-state index contributed by atoms with van der Waals surface area (Å²) in [6.45, 7) is 7.18. The van der Waals surface area contributed by atoms with Crippen molar-refractivity contribution in [2.24, 2.45) is 5.41 Å². The highest BCUT2D eigenvalue weighted by Crippen LogP contribution is 2.29. The van der Waals surface area contributed by atoms with Gasteiger partial charge in [0.05, 0.1) is 0 Å². The standard InChI is InChI=1S/C14H25N5O/c1-4-5-11-16-12(18-17-11)13(20)15-10-14(2)6-8-19(3)9-7-14/h4-10H2,1-3H3,(H,15,20)(H,16,17,18). The number of carbonyl (C=O) groups excluding carboxylic acids is 1. The predicted octanol–water partition coefficient (Wildman–Crippen LogP) is 1.22. The van der Waals surface area contributed by atoms with Crippen molar-refractivity contribution >= 4 is 5.91 Å². The normalized spacial score (nSPS) is 18.9. The second-order valence-corrected chi connectivity index (χ2v) is 6.15. The number of aryl methyl sites for hydroxylation is 1. The fourth-order valence-corrected chi connectivity index (χ4v) is 2.45. The van der Waals surface area contributed by atoms with Crippen molar-refractivity contribution in [3.05, 3.63) is 11.6 Å². The van der Waals surface area contributed by atoms with Gasteiger partial charge in [0.15, 0.2) is 0 Å². The van der Waals surface area contributed by atoms with E-state index in [1.54, 1.807) is 0 Å². The first-order valence-electron chi connectivity index (χ1n) is 7.40. The summed E-state index contributed by atoms with van der Waals surface area (Å²) in [6.07, 6.45) is 4.03. The summed E-state index contributed by atoms with van der Waals surface area (Å²) in [5.74, 6) is 0.858. The zero-order valence-corrected chi connectivity index (χ0v) is 12.7. The van der Waals surface area contributed by atoms with Crippen LogP contribution in [0.1, 0.15) is 49.6 Å². The third-order valence-electron chi connectivity index (χ3n) is 4.09. The molecule has 1 aromatic heterocycles. The largest absolute Gasteiger partial charge is 0.349 e. The van der Waals surface area contributed by atoms with Gasteiger partial charge in [-0.1, -0.05) is 13.8 Å². The van der Waals surface area contributed by atoms with Crippen LogP contribution in [0.2, 0.25) is 0 Å². The first-order valence-corrected chi connectivity index (χ1v) is 7.40. The molecule has 0 bridgehead atoms. The van der Waals surface area contributed by atoms with E-state index in [0.29, 0.717) is 6.54 Å². The van der Waals surface area contributed by atoms with Gasteiger partial charge in [0, 0.05) is 13.0 Å². The van der Waals surface area contributed by atoms with Crippen LogP contribution >= 0.6 is 0 Å². The molecule has 1 fully saturated rings. The van der Waals surface area contributed by atoms with Gasteiger partial charge in [-0.15, -0.1) is 5.10 Å². The van der Waals surface area contributed by atoms with Crippen LogP contribution in [0.5, 0.6) is 0 Å². The zero-order chi connectivity index (χ0) is 14.6. The van der Waals surface area contributed by atoms with Crippen LogP contribution in [-0.2, 0) is 6.42 Å². The minimum absolute atomic E-state index is 0.177. The number of likely N-dealkylation sites (tertiary alicyclic amines) is 1. The number of amides is 1. The number of hydrogen-bond donors (Lipinski definition) is 2. The lowest BCUT2D eigenvalue weighted by atomic mass is 9.80. The maximum atomic E-state index is 12.0. The lowest BCUT2D eigenvalue weighted by Crippen LogP contribution is -2.43. The summed E-state index contributed by atoms with van der Waals surface area (Å²) in [5, 5.41) is 9.77. The molecule has 2 heterocycles. The van der Waals surface area contributed by atoms with Crippen LogP contribution in [-0.4, -0.2) is 52.7 Å². The van der Waals surface area contributed by atoms with E-state index in [1.165, 1.54) is 0 Å². The molecule has 0 radical (unpaired) electrons. The molecule has 0 saturated carbocycles. The number of H-pyrrole nitrogens is 1. The van der Waals surface area contributed by atoms with E-state index in [9.17, 15) is 4.79 Å².